The summed E-state index contributed by atoms with van der Waals surface area (Å²) in [6.07, 6.45) is 0. The molecule has 1 N–H and O–H groups in total. The van der Waals surface area contributed by atoms with Crippen molar-refractivity contribution in [1.29, 1.82) is 0 Å². The number of ether oxygens (including phenoxy) is 3. The van der Waals surface area contributed by atoms with Gasteiger partial charge >= 0.3 is 0 Å². The summed E-state index contributed by atoms with van der Waals surface area (Å²) in [4.78, 5) is 2.22. The molecule has 0 unspecified atom stereocenters. The highest BCUT2D eigenvalue weighted by Crippen LogP contribution is 2.39. The van der Waals surface area contributed by atoms with Crippen molar-refractivity contribution in [1.82, 2.24) is 10.2 Å². The Bertz CT molecular complexity index is 397. The fraction of sp³-hybridized carbons (Fsp3) is 0.571. The highest BCUT2D eigenvalue weighted by Gasteiger charge is 2.16. The van der Waals surface area contributed by atoms with Gasteiger partial charge in [-0.15, -0.1) is 0 Å². The van der Waals surface area contributed by atoms with Gasteiger partial charge in [0, 0.05) is 25.2 Å². The van der Waals surface area contributed by atoms with Crippen LogP contribution in [-0.2, 0) is 6.54 Å². The third kappa shape index (κ3) is 4.01. The van der Waals surface area contributed by atoms with E-state index < -0.39 is 0 Å². The third-order valence-corrected chi connectivity index (χ3v) is 2.97. The first-order valence-corrected chi connectivity index (χ1v) is 6.28. The molecular formula is C14H24N2O3. The Balaban J connectivity index is 2.94. The van der Waals surface area contributed by atoms with Gasteiger partial charge in [-0.2, -0.15) is 0 Å². The summed E-state index contributed by atoms with van der Waals surface area (Å²) >= 11 is 0. The smallest absolute Gasteiger partial charge is 0.203 e. The Morgan fingerprint density at radius 3 is 2.26 bits per heavy atom. The van der Waals surface area contributed by atoms with Crippen molar-refractivity contribution in [3.8, 4) is 17.2 Å². The number of nitrogens with one attached hydrogen (secondary N) is 1. The molecule has 0 aliphatic carbocycles. The lowest BCUT2D eigenvalue weighted by molar-refractivity contribution is 0.301. The van der Waals surface area contributed by atoms with E-state index in [4.69, 9.17) is 14.2 Å². The van der Waals surface area contributed by atoms with Gasteiger partial charge in [0.1, 0.15) is 0 Å². The van der Waals surface area contributed by atoms with Crippen LogP contribution in [0.25, 0.3) is 0 Å². The van der Waals surface area contributed by atoms with Crippen LogP contribution < -0.4 is 19.5 Å². The number of rotatable bonds is 8. The van der Waals surface area contributed by atoms with Crippen LogP contribution in [0, 0.1) is 0 Å². The largest absolute Gasteiger partial charge is 0.493 e. The third-order valence-electron chi connectivity index (χ3n) is 2.97. The van der Waals surface area contributed by atoms with Gasteiger partial charge in [0.25, 0.3) is 0 Å². The first kappa shape index (κ1) is 15.6. The zero-order valence-corrected chi connectivity index (χ0v) is 12.4. The fourth-order valence-electron chi connectivity index (χ4n) is 1.96. The molecule has 19 heavy (non-hydrogen) atoms. The second-order valence-electron chi connectivity index (χ2n) is 4.33. The summed E-state index contributed by atoms with van der Waals surface area (Å²) in [7, 11) is 8.91. The Labute approximate surface area is 115 Å². The van der Waals surface area contributed by atoms with Gasteiger partial charge in [0.15, 0.2) is 11.5 Å². The minimum atomic E-state index is 0.643. The molecule has 0 saturated heterocycles. The molecule has 1 aromatic carbocycles. The summed E-state index contributed by atoms with van der Waals surface area (Å²) in [5.74, 6) is 2.06. The first-order chi connectivity index (χ1) is 9.17. The molecule has 0 atom stereocenters. The van der Waals surface area contributed by atoms with Gasteiger partial charge < -0.3 is 24.4 Å². The first-order valence-electron chi connectivity index (χ1n) is 6.28. The van der Waals surface area contributed by atoms with E-state index in [0.717, 1.165) is 30.9 Å². The van der Waals surface area contributed by atoms with Crippen LogP contribution in [0.15, 0.2) is 12.1 Å². The van der Waals surface area contributed by atoms with E-state index in [1.807, 2.05) is 19.2 Å². The molecule has 108 valence electrons. The molecule has 0 aliphatic rings. The lowest BCUT2D eigenvalue weighted by Gasteiger charge is -2.20. The van der Waals surface area contributed by atoms with Crippen molar-refractivity contribution in [3.63, 3.8) is 0 Å². The minimum Gasteiger partial charge on any atom is -0.493 e. The lowest BCUT2D eigenvalue weighted by Crippen LogP contribution is -2.27. The molecule has 0 aromatic heterocycles. The van der Waals surface area contributed by atoms with Gasteiger partial charge in [-0.1, -0.05) is 6.07 Å². The molecular weight excluding hydrogens is 244 g/mol. The van der Waals surface area contributed by atoms with Crippen molar-refractivity contribution in [2.24, 2.45) is 0 Å². The Hall–Kier alpha value is -1.46. The molecule has 0 fully saturated rings. The highest BCUT2D eigenvalue weighted by molar-refractivity contribution is 5.55. The van der Waals surface area contributed by atoms with E-state index in [1.165, 1.54) is 0 Å². The predicted molar refractivity (Wildman–Crippen MR) is 76.4 cm³/mol. The molecule has 0 heterocycles. The average molecular weight is 268 g/mol. The number of hydrogen-bond donors (Lipinski definition) is 1. The van der Waals surface area contributed by atoms with Crippen molar-refractivity contribution < 1.29 is 14.2 Å². The van der Waals surface area contributed by atoms with Gasteiger partial charge in [-0.3, -0.25) is 0 Å². The number of nitrogens with zero attached hydrogens (tertiary/aromatic N) is 1. The van der Waals surface area contributed by atoms with E-state index in [0.29, 0.717) is 11.5 Å². The van der Waals surface area contributed by atoms with E-state index in [2.05, 4.69) is 17.3 Å². The molecule has 0 radical (unpaired) electrons. The van der Waals surface area contributed by atoms with E-state index in [1.54, 1.807) is 21.3 Å². The second kappa shape index (κ2) is 7.86. The van der Waals surface area contributed by atoms with Gasteiger partial charge in [-0.25, -0.2) is 0 Å². The van der Waals surface area contributed by atoms with Gasteiger partial charge in [-0.05, 0) is 20.2 Å². The molecule has 0 spiro atoms. The number of likely N-dealkylation sites (N-methyl/N-ethyl adjacent to an activating group) is 2. The molecule has 0 bridgehead atoms. The minimum absolute atomic E-state index is 0.643. The average Bonchev–Trinajstić information content (AvgIpc) is 2.44. The van der Waals surface area contributed by atoms with E-state index in [-0.39, 0.29) is 0 Å². The van der Waals surface area contributed by atoms with Gasteiger partial charge in [0.2, 0.25) is 5.75 Å². The second-order valence-corrected chi connectivity index (χ2v) is 4.33. The molecule has 0 saturated carbocycles. The topological polar surface area (TPSA) is 43.0 Å². The summed E-state index contributed by atoms with van der Waals surface area (Å²) in [5, 5.41) is 3.14. The van der Waals surface area contributed by atoms with Crippen LogP contribution in [0.4, 0.5) is 0 Å². The zero-order chi connectivity index (χ0) is 14.3. The van der Waals surface area contributed by atoms with Crippen LogP contribution in [0.3, 0.4) is 0 Å². The van der Waals surface area contributed by atoms with Crippen molar-refractivity contribution in [2.75, 3.05) is 48.5 Å². The maximum Gasteiger partial charge on any atom is 0.203 e. The molecule has 0 amide bonds. The number of benzene rings is 1. The summed E-state index contributed by atoms with van der Waals surface area (Å²) in [6.45, 7) is 2.71. The standard InChI is InChI=1S/C14H24N2O3/c1-15-8-9-16(2)10-11-6-7-12(17-3)14(19-5)13(11)18-4/h6-7,15H,8-10H2,1-5H3. The normalized spacial score (nSPS) is 10.6. The predicted octanol–water partition coefficient (Wildman–Crippen LogP) is 1.36. The molecule has 5 nitrogen and oxygen atoms in total. The van der Waals surface area contributed by atoms with Crippen LogP contribution >= 0.6 is 0 Å². The Kier molecular flexibility index (Phi) is 6.45. The Morgan fingerprint density at radius 2 is 1.74 bits per heavy atom. The lowest BCUT2D eigenvalue weighted by atomic mass is 10.1. The van der Waals surface area contributed by atoms with Gasteiger partial charge in [0.05, 0.1) is 21.3 Å². The van der Waals surface area contributed by atoms with Crippen molar-refractivity contribution in [3.05, 3.63) is 17.7 Å². The molecule has 1 rings (SSSR count). The Morgan fingerprint density at radius 1 is 1.05 bits per heavy atom. The molecule has 5 heteroatoms. The quantitative estimate of drug-likeness (QED) is 0.771. The number of hydrogen-bond acceptors (Lipinski definition) is 5. The van der Waals surface area contributed by atoms with E-state index >= 15 is 0 Å². The zero-order valence-electron chi connectivity index (χ0n) is 12.4. The van der Waals surface area contributed by atoms with Crippen molar-refractivity contribution in [2.45, 2.75) is 6.54 Å². The molecule has 1 aromatic rings. The van der Waals surface area contributed by atoms with Crippen LogP contribution in [0.1, 0.15) is 5.56 Å². The fourth-order valence-corrected chi connectivity index (χ4v) is 1.96. The summed E-state index contributed by atoms with van der Waals surface area (Å²) in [6, 6.07) is 3.92. The van der Waals surface area contributed by atoms with Crippen LogP contribution in [0.2, 0.25) is 0 Å². The van der Waals surface area contributed by atoms with Crippen LogP contribution in [0.5, 0.6) is 17.2 Å². The van der Waals surface area contributed by atoms with Crippen molar-refractivity contribution >= 4 is 0 Å². The maximum absolute atomic E-state index is 5.47. The summed E-state index contributed by atoms with van der Waals surface area (Å²) < 4.78 is 16.1. The van der Waals surface area contributed by atoms with Crippen LogP contribution in [-0.4, -0.2) is 53.4 Å². The SMILES string of the molecule is CNCCN(C)Cc1ccc(OC)c(OC)c1OC. The van der Waals surface area contributed by atoms with E-state index in [9.17, 15) is 0 Å². The monoisotopic (exact) mass is 268 g/mol. The highest BCUT2D eigenvalue weighted by atomic mass is 16.5. The number of methoxy groups -OCH3 is 3. The maximum atomic E-state index is 5.47. The molecule has 0 aliphatic heterocycles. The summed E-state index contributed by atoms with van der Waals surface area (Å²) in [5.41, 5.74) is 1.08.